The summed E-state index contributed by atoms with van der Waals surface area (Å²) in [7, 11) is 0. The first-order valence-corrected chi connectivity index (χ1v) is 9.88. The molecule has 166 valence electrons. The molecule has 5 atom stereocenters. The Hall–Kier alpha value is -2.40. The van der Waals surface area contributed by atoms with E-state index in [0.29, 0.717) is 27.0 Å². The van der Waals surface area contributed by atoms with E-state index < -0.39 is 42.6 Å². The number of ether oxygens (including phenoxy) is 2. The number of aliphatic carboxylic acids is 1. The first kappa shape index (κ1) is 23.3. The van der Waals surface area contributed by atoms with E-state index in [2.05, 4.69) is 5.32 Å². The highest BCUT2D eigenvalue weighted by molar-refractivity contribution is 6.39. The summed E-state index contributed by atoms with van der Waals surface area (Å²) in [5, 5.41) is 40.4. The molecule has 0 bridgehead atoms. The van der Waals surface area contributed by atoms with Gasteiger partial charge in [0.2, 0.25) is 6.10 Å². The zero-order valence-corrected chi connectivity index (χ0v) is 17.4. The van der Waals surface area contributed by atoms with E-state index >= 15 is 0 Å². The van der Waals surface area contributed by atoms with Gasteiger partial charge < -0.3 is 35.2 Å². The Kier molecular flexibility index (Phi) is 7.37. The Morgan fingerprint density at radius 2 is 1.71 bits per heavy atom. The Bertz CT molecular complexity index is 952. The summed E-state index contributed by atoms with van der Waals surface area (Å²) in [6.45, 7) is 0. The zero-order valence-electron chi connectivity index (χ0n) is 15.9. The van der Waals surface area contributed by atoms with Crippen LogP contribution in [0.1, 0.15) is 5.56 Å². The minimum Gasteiger partial charge on any atom is -0.479 e. The molecule has 0 saturated carbocycles. The van der Waals surface area contributed by atoms with Gasteiger partial charge >= 0.3 is 11.9 Å². The van der Waals surface area contributed by atoms with Crippen LogP contribution in [0.3, 0.4) is 0 Å². The molecule has 0 amide bonds. The Morgan fingerprint density at radius 3 is 2.35 bits per heavy atom. The summed E-state index contributed by atoms with van der Waals surface area (Å²) in [6.07, 6.45) is -8.90. The van der Waals surface area contributed by atoms with Gasteiger partial charge in [0.15, 0.2) is 12.2 Å². The molecule has 9 nitrogen and oxygen atoms in total. The SMILES string of the molecule is O=C(Cc1ccccc1Nc1c(Cl)cccc1Cl)OC1OC(C(=O)O)C(O)C(O)C1[OH2+]. The van der Waals surface area contributed by atoms with Crippen LogP contribution in [0.25, 0.3) is 0 Å². The molecule has 2 aromatic rings. The molecule has 31 heavy (non-hydrogen) atoms. The summed E-state index contributed by atoms with van der Waals surface area (Å²) in [4.78, 5) is 23.7. The number of esters is 1. The van der Waals surface area contributed by atoms with E-state index in [1.54, 1.807) is 42.5 Å². The van der Waals surface area contributed by atoms with Crippen LogP contribution in [-0.4, -0.2) is 63.1 Å². The summed E-state index contributed by atoms with van der Waals surface area (Å²) in [6, 6.07) is 11.8. The number of carbonyl (C=O) groups excluding carboxylic acids is 1. The van der Waals surface area contributed by atoms with E-state index in [0.717, 1.165) is 0 Å². The van der Waals surface area contributed by atoms with Crippen LogP contribution in [0, 0.1) is 0 Å². The normalized spacial score (nSPS) is 25.6. The quantitative estimate of drug-likeness (QED) is 0.364. The van der Waals surface area contributed by atoms with Gasteiger partial charge in [-0.05, 0) is 23.8 Å². The summed E-state index contributed by atoms with van der Waals surface area (Å²) >= 11 is 12.4. The van der Waals surface area contributed by atoms with Crippen molar-refractivity contribution in [2.75, 3.05) is 5.32 Å². The topological polar surface area (TPSA) is 148 Å². The van der Waals surface area contributed by atoms with Crippen molar-refractivity contribution in [1.29, 1.82) is 0 Å². The third-order valence-corrected chi connectivity index (χ3v) is 5.30. The van der Waals surface area contributed by atoms with Gasteiger partial charge in [0.1, 0.15) is 6.10 Å². The molecule has 2 aromatic carbocycles. The van der Waals surface area contributed by atoms with Crippen molar-refractivity contribution in [3.8, 4) is 0 Å². The molecule has 0 spiro atoms. The van der Waals surface area contributed by atoms with Crippen molar-refractivity contribution in [1.82, 2.24) is 0 Å². The molecule has 1 fully saturated rings. The fourth-order valence-corrected chi connectivity index (χ4v) is 3.53. The highest BCUT2D eigenvalue weighted by Crippen LogP contribution is 2.34. The van der Waals surface area contributed by atoms with Crippen molar-refractivity contribution in [2.45, 2.75) is 37.1 Å². The summed E-state index contributed by atoms with van der Waals surface area (Å²) in [5.74, 6) is -2.37. The number of aliphatic hydroxyl groups excluding tert-OH is 2. The average Bonchev–Trinajstić information content (AvgIpc) is 2.72. The molecule has 3 rings (SSSR count). The van der Waals surface area contributed by atoms with Gasteiger partial charge in [-0.3, -0.25) is 4.79 Å². The lowest BCUT2D eigenvalue weighted by molar-refractivity contribution is -0.286. The van der Waals surface area contributed by atoms with Crippen molar-refractivity contribution in [3.05, 3.63) is 58.1 Å². The van der Waals surface area contributed by atoms with Gasteiger partial charge in [-0.25, -0.2) is 4.79 Å². The van der Waals surface area contributed by atoms with Gasteiger partial charge in [0.05, 0.1) is 22.2 Å². The first-order chi connectivity index (χ1) is 14.7. The molecular formula is C20H20Cl2NO8+. The second-order valence-corrected chi connectivity index (χ2v) is 7.63. The van der Waals surface area contributed by atoms with Crippen molar-refractivity contribution < 1.29 is 39.5 Å². The largest absolute Gasteiger partial charge is 0.479 e. The second-order valence-electron chi connectivity index (χ2n) is 6.82. The van der Waals surface area contributed by atoms with E-state index in [1.165, 1.54) is 0 Å². The number of carboxylic acids is 1. The van der Waals surface area contributed by atoms with Crippen LogP contribution in [0.15, 0.2) is 42.5 Å². The Balaban J connectivity index is 1.73. The number of halogens is 2. The minimum atomic E-state index is -1.83. The number of carbonyl (C=O) groups is 2. The Morgan fingerprint density at radius 1 is 1.06 bits per heavy atom. The highest BCUT2D eigenvalue weighted by atomic mass is 35.5. The van der Waals surface area contributed by atoms with Crippen LogP contribution in [-0.2, 0) is 25.5 Å². The van der Waals surface area contributed by atoms with E-state index in [-0.39, 0.29) is 6.42 Å². The number of carboxylic acid groups (broad SMARTS) is 1. The standard InChI is InChI=1S/C20H19Cl2NO8/c21-10-5-3-6-11(22)14(10)23-12-7-2-1-4-9(12)8-13(24)30-20-17(27)15(25)16(26)18(31-20)19(28)29/h1-7,15-18,20,23,25-27H,8H2,(H,28,29)/p+1. The van der Waals surface area contributed by atoms with E-state index in [4.69, 9.17) is 42.9 Å². The maximum atomic E-state index is 12.5. The van der Waals surface area contributed by atoms with Crippen LogP contribution in [0.4, 0.5) is 11.4 Å². The smallest absolute Gasteiger partial charge is 0.335 e. The van der Waals surface area contributed by atoms with Gasteiger partial charge in [0.25, 0.3) is 6.29 Å². The molecule has 6 N–H and O–H groups in total. The lowest BCUT2D eigenvalue weighted by Crippen LogP contribution is -2.60. The van der Waals surface area contributed by atoms with Gasteiger partial charge in [-0.1, -0.05) is 47.5 Å². The van der Waals surface area contributed by atoms with Crippen molar-refractivity contribution in [3.63, 3.8) is 0 Å². The minimum absolute atomic E-state index is 0.256. The van der Waals surface area contributed by atoms with Crippen LogP contribution in [0.5, 0.6) is 0 Å². The molecule has 1 heterocycles. The number of aliphatic hydroxyl groups is 2. The number of anilines is 2. The zero-order chi connectivity index (χ0) is 22.7. The van der Waals surface area contributed by atoms with Crippen LogP contribution in [0.2, 0.25) is 10.0 Å². The molecule has 11 heteroatoms. The van der Waals surface area contributed by atoms with Gasteiger partial charge in [-0.15, -0.1) is 0 Å². The lowest BCUT2D eigenvalue weighted by atomic mass is 9.99. The molecular weight excluding hydrogens is 453 g/mol. The first-order valence-electron chi connectivity index (χ1n) is 9.13. The van der Waals surface area contributed by atoms with Gasteiger partial charge in [-0.2, -0.15) is 0 Å². The number of hydrogen-bond donors (Lipinski definition) is 4. The van der Waals surface area contributed by atoms with Crippen LogP contribution >= 0.6 is 23.2 Å². The van der Waals surface area contributed by atoms with Crippen molar-refractivity contribution >= 4 is 46.5 Å². The third kappa shape index (κ3) is 5.27. The number of hydrogen-bond acceptors (Lipinski definition) is 7. The molecule has 1 aliphatic rings. The summed E-state index contributed by atoms with van der Waals surface area (Å²) < 4.78 is 10.1. The predicted molar refractivity (Wildman–Crippen MR) is 112 cm³/mol. The number of benzene rings is 2. The third-order valence-electron chi connectivity index (χ3n) is 4.67. The average molecular weight is 473 g/mol. The highest BCUT2D eigenvalue weighted by Gasteiger charge is 2.51. The van der Waals surface area contributed by atoms with Crippen LogP contribution < -0.4 is 5.32 Å². The second kappa shape index (κ2) is 9.82. The molecule has 0 radical (unpaired) electrons. The number of rotatable bonds is 6. The molecule has 0 aromatic heterocycles. The number of para-hydroxylation sites is 2. The molecule has 1 aliphatic heterocycles. The molecule has 1 saturated heterocycles. The maximum Gasteiger partial charge on any atom is 0.335 e. The monoisotopic (exact) mass is 472 g/mol. The fourth-order valence-electron chi connectivity index (χ4n) is 3.04. The Labute approximate surface area is 186 Å². The number of nitrogens with one attached hydrogen (secondary N) is 1. The summed E-state index contributed by atoms with van der Waals surface area (Å²) in [5.41, 5.74) is 1.49. The fraction of sp³-hybridized carbons (Fsp3) is 0.300. The van der Waals surface area contributed by atoms with E-state index in [1.807, 2.05) is 0 Å². The van der Waals surface area contributed by atoms with Gasteiger partial charge in [0, 0.05) is 5.69 Å². The van der Waals surface area contributed by atoms with E-state index in [9.17, 15) is 19.8 Å². The maximum absolute atomic E-state index is 12.5. The van der Waals surface area contributed by atoms with Crippen molar-refractivity contribution in [2.24, 2.45) is 0 Å². The predicted octanol–water partition coefficient (Wildman–Crippen LogP) is 1.45. The lowest BCUT2D eigenvalue weighted by Gasteiger charge is -2.35. The molecule has 5 unspecified atom stereocenters. The molecule has 0 aliphatic carbocycles.